The maximum atomic E-state index is 5.30. The summed E-state index contributed by atoms with van der Waals surface area (Å²) in [6, 6.07) is 0.600. The van der Waals surface area contributed by atoms with E-state index in [9.17, 15) is 0 Å². The van der Waals surface area contributed by atoms with E-state index < -0.39 is 0 Å². The van der Waals surface area contributed by atoms with E-state index in [1.165, 1.54) is 25.7 Å². The summed E-state index contributed by atoms with van der Waals surface area (Å²) in [7, 11) is 4.18. The Morgan fingerprint density at radius 3 is 2.38 bits per heavy atom. The Labute approximate surface area is 105 Å². The van der Waals surface area contributed by atoms with Crippen LogP contribution in [-0.4, -0.2) is 42.2 Å². The number of hydrogen-bond donors (Lipinski definition) is 2. The minimum atomic E-state index is 0.126. The van der Waals surface area contributed by atoms with Gasteiger partial charge in [0.25, 0.3) is 0 Å². The molecule has 0 radical (unpaired) electrons. The summed E-state index contributed by atoms with van der Waals surface area (Å²) in [6.07, 6.45) is 5.20. The average Bonchev–Trinajstić information content (AvgIpc) is 2.67. The molecule has 94 valence electrons. The van der Waals surface area contributed by atoms with E-state index in [-0.39, 0.29) is 5.54 Å². The SMILES string of the molecule is CN(C)C(C)(C)CNC(=S)NC1CCCC1. The van der Waals surface area contributed by atoms with E-state index in [0.29, 0.717) is 6.04 Å². The second-order valence-electron chi connectivity index (χ2n) is 5.52. The molecule has 3 nitrogen and oxygen atoms in total. The Hall–Kier alpha value is -0.350. The van der Waals surface area contributed by atoms with Crippen LogP contribution in [0.15, 0.2) is 0 Å². The number of rotatable bonds is 4. The zero-order chi connectivity index (χ0) is 12.2. The van der Waals surface area contributed by atoms with Crippen LogP contribution in [0.4, 0.5) is 0 Å². The molecular weight excluding hydrogens is 218 g/mol. The molecule has 0 bridgehead atoms. The van der Waals surface area contributed by atoms with Gasteiger partial charge in [0, 0.05) is 18.1 Å². The van der Waals surface area contributed by atoms with Crippen molar-refractivity contribution in [3.05, 3.63) is 0 Å². The van der Waals surface area contributed by atoms with Crippen molar-refractivity contribution < 1.29 is 0 Å². The Bertz CT molecular complexity index is 232. The first-order valence-electron chi connectivity index (χ1n) is 6.13. The van der Waals surface area contributed by atoms with Crippen LogP contribution < -0.4 is 10.6 Å². The molecule has 0 unspecified atom stereocenters. The third-order valence-corrected chi connectivity index (χ3v) is 3.84. The van der Waals surface area contributed by atoms with Gasteiger partial charge in [0.15, 0.2) is 5.11 Å². The number of likely N-dealkylation sites (N-methyl/N-ethyl adjacent to an activating group) is 1. The van der Waals surface area contributed by atoms with Crippen LogP contribution in [0.5, 0.6) is 0 Å². The highest BCUT2D eigenvalue weighted by molar-refractivity contribution is 7.80. The summed E-state index contributed by atoms with van der Waals surface area (Å²) >= 11 is 5.30. The highest BCUT2D eigenvalue weighted by Crippen LogP contribution is 2.17. The number of nitrogens with one attached hydrogen (secondary N) is 2. The maximum Gasteiger partial charge on any atom is 0.166 e. The molecule has 0 aliphatic heterocycles. The van der Waals surface area contributed by atoms with E-state index in [4.69, 9.17) is 12.2 Å². The van der Waals surface area contributed by atoms with E-state index in [2.05, 4.69) is 43.5 Å². The number of nitrogens with zero attached hydrogens (tertiary/aromatic N) is 1. The molecule has 0 aromatic heterocycles. The highest BCUT2D eigenvalue weighted by Gasteiger charge is 2.21. The standard InChI is InChI=1S/C12H25N3S/c1-12(2,15(3)4)9-13-11(16)14-10-7-5-6-8-10/h10H,5-9H2,1-4H3,(H2,13,14,16). The van der Waals surface area contributed by atoms with Crippen molar-refractivity contribution in [2.24, 2.45) is 0 Å². The fraction of sp³-hybridized carbons (Fsp3) is 0.917. The Morgan fingerprint density at radius 1 is 1.31 bits per heavy atom. The predicted molar refractivity (Wildman–Crippen MR) is 73.8 cm³/mol. The minimum absolute atomic E-state index is 0.126. The molecule has 4 heteroatoms. The molecule has 1 saturated carbocycles. The van der Waals surface area contributed by atoms with Gasteiger partial charge in [0.05, 0.1) is 0 Å². The number of hydrogen-bond acceptors (Lipinski definition) is 2. The van der Waals surface area contributed by atoms with Gasteiger partial charge in [-0.25, -0.2) is 0 Å². The van der Waals surface area contributed by atoms with Crippen LogP contribution in [0.25, 0.3) is 0 Å². The Balaban J connectivity index is 2.24. The first kappa shape index (κ1) is 13.7. The molecule has 0 aromatic rings. The van der Waals surface area contributed by atoms with Gasteiger partial charge >= 0.3 is 0 Å². The van der Waals surface area contributed by atoms with Gasteiger partial charge in [-0.15, -0.1) is 0 Å². The summed E-state index contributed by atoms with van der Waals surface area (Å²) in [5, 5.41) is 7.51. The minimum Gasteiger partial charge on any atom is -0.361 e. The van der Waals surface area contributed by atoms with Gasteiger partial charge in [-0.3, -0.25) is 0 Å². The van der Waals surface area contributed by atoms with Crippen molar-refractivity contribution in [3.8, 4) is 0 Å². The van der Waals surface area contributed by atoms with Gasteiger partial charge in [-0.1, -0.05) is 12.8 Å². The summed E-state index contributed by atoms with van der Waals surface area (Å²) < 4.78 is 0. The third-order valence-electron chi connectivity index (χ3n) is 3.58. The van der Waals surface area contributed by atoms with Crippen molar-refractivity contribution in [1.29, 1.82) is 0 Å². The smallest absolute Gasteiger partial charge is 0.166 e. The lowest BCUT2D eigenvalue weighted by Crippen LogP contribution is -2.51. The molecule has 0 atom stereocenters. The molecule has 1 rings (SSSR count). The van der Waals surface area contributed by atoms with Crippen molar-refractivity contribution in [3.63, 3.8) is 0 Å². The number of thiocarbonyl (C=S) groups is 1. The van der Waals surface area contributed by atoms with E-state index in [1.54, 1.807) is 0 Å². The van der Waals surface area contributed by atoms with Gasteiger partial charge in [0.2, 0.25) is 0 Å². The Kier molecular flexibility index (Phi) is 4.99. The molecule has 0 aromatic carbocycles. The fourth-order valence-electron chi connectivity index (χ4n) is 1.76. The third kappa shape index (κ3) is 4.26. The first-order chi connectivity index (χ1) is 7.42. The van der Waals surface area contributed by atoms with E-state index in [1.807, 2.05) is 0 Å². The zero-order valence-corrected chi connectivity index (χ0v) is 11.8. The van der Waals surface area contributed by atoms with Crippen LogP contribution in [0.2, 0.25) is 0 Å². The van der Waals surface area contributed by atoms with Crippen LogP contribution in [0.1, 0.15) is 39.5 Å². The molecule has 1 aliphatic carbocycles. The van der Waals surface area contributed by atoms with Gasteiger partial charge in [0.1, 0.15) is 0 Å². The quantitative estimate of drug-likeness (QED) is 0.736. The van der Waals surface area contributed by atoms with Gasteiger partial charge < -0.3 is 15.5 Å². The summed E-state index contributed by atoms with van der Waals surface area (Å²) in [5.74, 6) is 0. The monoisotopic (exact) mass is 243 g/mol. The van der Waals surface area contributed by atoms with Crippen LogP contribution in [-0.2, 0) is 0 Å². The topological polar surface area (TPSA) is 27.3 Å². The second kappa shape index (κ2) is 5.82. The van der Waals surface area contributed by atoms with E-state index >= 15 is 0 Å². The van der Waals surface area contributed by atoms with Crippen molar-refractivity contribution in [1.82, 2.24) is 15.5 Å². The van der Waals surface area contributed by atoms with Crippen LogP contribution >= 0.6 is 12.2 Å². The molecule has 0 heterocycles. The maximum absolute atomic E-state index is 5.30. The van der Waals surface area contributed by atoms with Gasteiger partial charge in [-0.05, 0) is 53.0 Å². The molecule has 0 amide bonds. The molecule has 0 saturated heterocycles. The normalized spacial score (nSPS) is 17.8. The zero-order valence-electron chi connectivity index (χ0n) is 11.0. The molecule has 1 fully saturated rings. The summed E-state index contributed by atoms with van der Waals surface area (Å²) in [5.41, 5.74) is 0.126. The highest BCUT2D eigenvalue weighted by atomic mass is 32.1. The molecule has 1 aliphatic rings. The molecule has 16 heavy (non-hydrogen) atoms. The van der Waals surface area contributed by atoms with Crippen molar-refractivity contribution in [2.75, 3.05) is 20.6 Å². The van der Waals surface area contributed by atoms with Gasteiger partial charge in [-0.2, -0.15) is 0 Å². The summed E-state index contributed by atoms with van der Waals surface area (Å²) in [4.78, 5) is 2.21. The predicted octanol–water partition coefficient (Wildman–Crippen LogP) is 1.73. The largest absolute Gasteiger partial charge is 0.361 e. The average molecular weight is 243 g/mol. The second-order valence-corrected chi connectivity index (χ2v) is 5.92. The lowest BCUT2D eigenvalue weighted by Gasteiger charge is -2.33. The lowest BCUT2D eigenvalue weighted by molar-refractivity contribution is 0.197. The van der Waals surface area contributed by atoms with E-state index in [0.717, 1.165) is 11.7 Å². The van der Waals surface area contributed by atoms with Crippen molar-refractivity contribution >= 4 is 17.3 Å². The first-order valence-corrected chi connectivity index (χ1v) is 6.54. The fourth-order valence-corrected chi connectivity index (χ4v) is 2.00. The Morgan fingerprint density at radius 2 is 1.88 bits per heavy atom. The van der Waals surface area contributed by atoms with Crippen molar-refractivity contribution in [2.45, 2.75) is 51.1 Å². The molecule has 2 N–H and O–H groups in total. The molecular formula is C12H25N3S. The lowest BCUT2D eigenvalue weighted by atomic mass is 10.1. The van der Waals surface area contributed by atoms with Crippen LogP contribution in [0.3, 0.4) is 0 Å². The van der Waals surface area contributed by atoms with Crippen LogP contribution in [0, 0.1) is 0 Å². The molecule has 0 spiro atoms. The summed E-state index contributed by atoms with van der Waals surface area (Å²) in [6.45, 7) is 5.29.